The average molecular weight is 345 g/mol. The summed E-state index contributed by atoms with van der Waals surface area (Å²) in [6, 6.07) is 9.70. The van der Waals surface area contributed by atoms with Crippen LogP contribution >= 0.6 is 7.60 Å². The topological polar surface area (TPSA) is 48.0 Å². The Balaban J connectivity index is 3.28. The summed E-state index contributed by atoms with van der Waals surface area (Å²) in [6.07, 6.45) is 1.50. The van der Waals surface area contributed by atoms with E-state index < -0.39 is 21.7 Å². The van der Waals surface area contributed by atoms with Crippen molar-refractivity contribution in [1.82, 2.24) is 0 Å². The molecule has 1 unspecified atom stereocenters. The summed E-state index contributed by atoms with van der Waals surface area (Å²) in [7, 11) is -2.36. The maximum atomic E-state index is 13.0. The van der Waals surface area contributed by atoms with E-state index >= 15 is 0 Å². The van der Waals surface area contributed by atoms with Gasteiger partial charge in [-0.1, -0.05) is 31.5 Å². The van der Waals surface area contributed by atoms with Gasteiger partial charge in [0.25, 0.3) is 0 Å². The summed E-state index contributed by atoms with van der Waals surface area (Å²) in [6.45, 7) is 8.32. The highest BCUT2D eigenvalue weighted by Gasteiger charge is 2.40. The van der Waals surface area contributed by atoms with Crippen molar-refractivity contribution in [2.75, 3.05) is 19.3 Å². The van der Waals surface area contributed by atoms with E-state index in [0.29, 0.717) is 6.42 Å². The predicted molar refractivity (Wildman–Crippen MR) is 93.7 cm³/mol. The Bertz CT molecular complexity index is 484. The van der Waals surface area contributed by atoms with E-state index in [1.807, 2.05) is 37.3 Å². The second-order valence-electron chi connectivity index (χ2n) is 6.04. The van der Waals surface area contributed by atoms with E-state index in [4.69, 9.17) is 13.6 Å². The molecule has 5 nitrogen and oxygen atoms in total. The summed E-state index contributed by atoms with van der Waals surface area (Å²) >= 11 is 0. The zero-order valence-electron chi connectivity index (χ0n) is 14.4. The number of benzene rings is 1. The van der Waals surface area contributed by atoms with Gasteiger partial charge in [0.2, 0.25) is 8.32 Å². The maximum Gasteiger partial charge on any atom is 0.354 e. The standard InChI is InChI=1S/C15H28NO4PSi/c1-7-11-15(21(17,18-2)19-3)16(20-22(4,5)6)14-12-9-8-10-13-14/h8-10,12-13,15H,7,11H2,1-6H3. The first-order valence-electron chi connectivity index (χ1n) is 7.52. The maximum absolute atomic E-state index is 13.0. The Kier molecular flexibility index (Phi) is 7.29. The summed E-state index contributed by atoms with van der Waals surface area (Å²) < 4.78 is 29.7. The van der Waals surface area contributed by atoms with Crippen LogP contribution in [0.3, 0.4) is 0 Å². The fraction of sp³-hybridized carbons (Fsp3) is 0.600. The SMILES string of the molecule is CCCC(N(O[Si](C)(C)C)c1ccccc1)P(=O)(OC)OC. The van der Waals surface area contributed by atoms with E-state index in [1.54, 1.807) is 5.06 Å². The summed E-state index contributed by atoms with van der Waals surface area (Å²) in [5.41, 5.74) is 0.859. The second-order valence-corrected chi connectivity index (χ2v) is 12.9. The van der Waals surface area contributed by atoms with Crippen molar-refractivity contribution in [1.29, 1.82) is 0 Å². The largest absolute Gasteiger partial charge is 0.354 e. The third kappa shape index (κ3) is 5.21. The van der Waals surface area contributed by atoms with Gasteiger partial charge in [0.15, 0.2) is 5.78 Å². The summed E-state index contributed by atoms with van der Waals surface area (Å²) in [5.74, 6) is -0.471. The quantitative estimate of drug-likeness (QED) is 0.363. The highest BCUT2D eigenvalue weighted by molar-refractivity contribution is 7.54. The highest BCUT2D eigenvalue weighted by atomic mass is 31.2. The molecule has 1 atom stereocenters. The molecule has 0 saturated heterocycles. The molecule has 0 aliphatic carbocycles. The molecule has 0 spiro atoms. The lowest BCUT2D eigenvalue weighted by Crippen LogP contribution is -2.44. The Morgan fingerprint density at radius 2 is 1.68 bits per heavy atom. The van der Waals surface area contributed by atoms with Crippen LogP contribution in [-0.4, -0.2) is 28.3 Å². The van der Waals surface area contributed by atoms with Crippen LogP contribution in [0.4, 0.5) is 5.69 Å². The van der Waals surface area contributed by atoms with Crippen LogP contribution < -0.4 is 5.06 Å². The molecule has 0 saturated carbocycles. The molecule has 0 amide bonds. The van der Waals surface area contributed by atoms with Crippen LogP contribution in [0, 0.1) is 0 Å². The van der Waals surface area contributed by atoms with Crippen LogP contribution in [0.5, 0.6) is 0 Å². The number of rotatable bonds is 9. The van der Waals surface area contributed by atoms with Gasteiger partial charge in [0.1, 0.15) is 0 Å². The van der Waals surface area contributed by atoms with Gasteiger partial charge in [-0.2, -0.15) is 0 Å². The third-order valence-electron chi connectivity index (χ3n) is 3.07. The summed E-state index contributed by atoms with van der Waals surface area (Å²) in [5, 5.41) is 1.74. The molecule has 0 aliphatic rings. The third-order valence-corrected chi connectivity index (χ3v) is 6.03. The van der Waals surface area contributed by atoms with Crippen LogP contribution in [0.2, 0.25) is 19.6 Å². The van der Waals surface area contributed by atoms with Crippen LogP contribution in [-0.2, 0) is 18.1 Å². The molecule has 7 heteroatoms. The van der Waals surface area contributed by atoms with Crippen molar-refractivity contribution in [3.8, 4) is 0 Å². The fourth-order valence-corrected chi connectivity index (χ4v) is 4.69. The molecular weight excluding hydrogens is 317 g/mol. The van der Waals surface area contributed by atoms with Crippen molar-refractivity contribution >= 4 is 21.6 Å². The van der Waals surface area contributed by atoms with Crippen molar-refractivity contribution in [3.63, 3.8) is 0 Å². The molecule has 1 rings (SSSR count). The molecule has 0 N–H and O–H groups in total. The number of hydrogen-bond acceptors (Lipinski definition) is 5. The monoisotopic (exact) mass is 345 g/mol. The number of nitrogens with zero attached hydrogens (tertiary/aromatic N) is 1. The first kappa shape index (κ1) is 19.4. The lowest BCUT2D eigenvalue weighted by molar-refractivity contribution is 0.210. The highest BCUT2D eigenvalue weighted by Crippen LogP contribution is 2.55. The zero-order chi connectivity index (χ0) is 16.8. The first-order valence-corrected chi connectivity index (χ1v) is 12.5. The van der Waals surface area contributed by atoms with Crippen LogP contribution in [0.1, 0.15) is 19.8 Å². The minimum atomic E-state index is -3.29. The van der Waals surface area contributed by atoms with Gasteiger partial charge in [-0.3, -0.25) is 9.63 Å². The molecule has 0 heterocycles. The fourth-order valence-electron chi connectivity index (χ4n) is 2.14. The second kappa shape index (κ2) is 8.27. The molecule has 1 aromatic rings. The van der Waals surface area contributed by atoms with Crippen LogP contribution in [0.25, 0.3) is 0 Å². The lowest BCUT2D eigenvalue weighted by Gasteiger charge is -2.39. The number of para-hydroxylation sites is 1. The zero-order valence-corrected chi connectivity index (χ0v) is 16.3. The van der Waals surface area contributed by atoms with E-state index in [2.05, 4.69) is 19.6 Å². The molecule has 0 aliphatic heterocycles. The van der Waals surface area contributed by atoms with Crippen LogP contribution in [0.15, 0.2) is 30.3 Å². The Morgan fingerprint density at radius 1 is 1.14 bits per heavy atom. The minimum absolute atomic E-state index is 0.471. The van der Waals surface area contributed by atoms with Crippen molar-refractivity contribution in [2.24, 2.45) is 0 Å². The molecule has 0 aromatic heterocycles. The first-order chi connectivity index (χ1) is 10.3. The lowest BCUT2D eigenvalue weighted by atomic mass is 10.3. The van der Waals surface area contributed by atoms with E-state index in [0.717, 1.165) is 12.1 Å². The van der Waals surface area contributed by atoms with Gasteiger partial charge in [0.05, 0.1) is 5.69 Å². The summed E-state index contributed by atoms with van der Waals surface area (Å²) in [4.78, 5) is 0. The Labute approximate surface area is 135 Å². The Hall–Kier alpha value is -0.653. The number of hydroxylamine groups is 1. The van der Waals surface area contributed by atoms with Gasteiger partial charge in [-0.15, -0.1) is 0 Å². The van der Waals surface area contributed by atoms with Crippen molar-refractivity contribution in [2.45, 2.75) is 45.2 Å². The molecule has 22 heavy (non-hydrogen) atoms. The van der Waals surface area contributed by atoms with Gasteiger partial charge in [0, 0.05) is 14.2 Å². The molecule has 0 fully saturated rings. The molecule has 0 bridgehead atoms. The molecular formula is C15H28NO4PSi. The van der Waals surface area contributed by atoms with E-state index in [1.165, 1.54) is 14.2 Å². The molecule has 1 aromatic carbocycles. The molecule has 0 radical (unpaired) electrons. The van der Waals surface area contributed by atoms with Gasteiger partial charge >= 0.3 is 7.60 Å². The van der Waals surface area contributed by atoms with Crippen molar-refractivity contribution in [3.05, 3.63) is 30.3 Å². The van der Waals surface area contributed by atoms with Gasteiger partial charge < -0.3 is 13.6 Å². The van der Waals surface area contributed by atoms with Gasteiger partial charge in [-0.05, 0) is 38.2 Å². The number of anilines is 1. The minimum Gasteiger partial charge on any atom is -0.319 e. The van der Waals surface area contributed by atoms with Crippen molar-refractivity contribution < 1.29 is 18.1 Å². The molecule has 126 valence electrons. The smallest absolute Gasteiger partial charge is 0.319 e. The van der Waals surface area contributed by atoms with E-state index in [9.17, 15) is 4.57 Å². The average Bonchev–Trinajstić information content (AvgIpc) is 2.50. The van der Waals surface area contributed by atoms with Gasteiger partial charge in [-0.25, -0.2) is 0 Å². The predicted octanol–water partition coefficient (Wildman–Crippen LogP) is 4.87. The number of hydrogen-bond donors (Lipinski definition) is 0. The normalized spacial score (nSPS) is 13.9. The Morgan fingerprint density at radius 3 is 2.09 bits per heavy atom. The van der Waals surface area contributed by atoms with E-state index in [-0.39, 0.29) is 0 Å².